The molecule has 0 saturated carbocycles. The van der Waals surface area contributed by atoms with Gasteiger partial charge in [-0.05, 0) is 33.6 Å². The Labute approximate surface area is 256 Å². The van der Waals surface area contributed by atoms with Crippen molar-refractivity contribution in [3.63, 3.8) is 0 Å². The minimum atomic E-state index is -0.993. The first-order valence-electron chi connectivity index (χ1n) is 17.9. The molecular weight excluding hydrogens is 512 g/mol. The third kappa shape index (κ3) is 38.9. The Morgan fingerprint density at radius 3 is 1.15 bits per heavy atom. The van der Waals surface area contributed by atoms with Crippen LogP contribution in [0.5, 0.6) is 0 Å². The zero-order valence-corrected chi connectivity index (χ0v) is 28.3. The predicted molar refractivity (Wildman–Crippen MR) is 175 cm³/mol. The van der Waals surface area contributed by atoms with E-state index in [1.165, 1.54) is 148 Å². The first-order valence-corrected chi connectivity index (χ1v) is 17.9. The van der Waals surface area contributed by atoms with E-state index >= 15 is 0 Å². The highest BCUT2D eigenvalue weighted by Gasteiger charge is 2.09. The lowest BCUT2D eigenvalue weighted by Gasteiger charge is -2.07. The molecule has 0 aromatic heterocycles. The Morgan fingerprint density at radius 1 is 0.512 bits per heavy atom. The average Bonchev–Trinajstić information content (AvgIpc) is 2.93. The maximum Gasteiger partial charge on any atom is 0.334 e. The van der Waals surface area contributed by atoms with Crippen molar-refractivity contribution in [1.82, 2.24) is 0 Å². The summed E-state index contributed by atoms with van der Waals surface area (Å²) in [5.41, 5.74) is 0. The quantitative estimate of drug-likeness (QED) is 0.0699. The number of carbonyl (C=O) groups excluding carboxylic acids is 2. The van der Waals surface area contributed by atoms with E-state index in [0.29, 0.717) is 13.0 Å². The van der Waals surface area contributed by atoms with Crippen molar-refractivity contribution in [3.05, 3.63) is 0 Å². The van der Waals surface area contributed by atoms with Gasteiger partial charge in [0.25, 0.3) is 0 Å². The molecule has 1 N–H and O–H groups in total. The van der Waals surface area contributed by atoms with Crippen LogP contribution in [0.3, 0.4) is 0 Å². The van der Waals surface area contributed by atoms with E-state index < -0.39 is 12.1 Å². The van der Waals surface area contributed by atoms with Crippen molar-refractivity contribution in [1.29, 1.82) is 0 Å². The molecule has 5 nitrogen and oxygen atoms in total. The van der Waals surface area contributed by atoms with Crippen LogP contribution in [0.4, 0.5) is 0 Å². The van der Waals surface area contributed by atoms with Crippen molar-refractivity contribution in [2.75, 3.05) is 6.61 Å². The molecule has 0 rings (SSSR count). The minimum Gasteiger partial charge on any atom is -0.464 e. The minimum absolute atomic E-state index is 0.0273. The number of esters is 2. The van der Waals surface area contributed by atoms with Crippen molar-refractivity contribution in [2.24, 2.45) is 0 Å². The van der Waals surface area contributed by atoms with Gasteiger partial charge < -0.3 is 14.6 Å². The van der Waals surface area contributed by atoms with E-state index in [1.807, 2.05) is 13.8 Å². The smallest absolute Gasteiger partial charge is 0.334 e. The summed E-state index contributed by atoms with van der Waals surface area (Å²) in [6.45, 7) is 10.2. The molecule has 5 heteroatoms. The van der Waals surface area contributed by atoms with Gasteiger partial charge in [-0.3, -0.25) is 4.79 Å². The third-order valence-electron chi connectivity index (χ3n) is 7.43. The second-order valence-corrected chi connectivity index (χ2v) is 12.3. The van der Waals surface area contributed by atoms with Gasteiger partial charge in [-0.25, -0.2) is 4.79 Å². The molecule has 0 aromatic carbocycles. The topological polar surface area (TPSA) is 72.8 Å². The highest BCUT2D eigenvalue weighted by atomic mass is 16.5. The summed E-state index contributed by atoms with van der Waals surface area (Å²) >= 11 is 0. The van der Waals surface area contributed by atoms with E-state index in [1.54, 1.807) is 0 Å². The molecule has 0 fully saturated rings. The molecule has 246 valence electrons. The summed E-state index contributed by atoms with van der Waals surface area (Å²) in [6.07, 6.45) is 32.6. The Balaban J connectivity index is 0. The van der Waals surface area contributed by atoms with Crippen LogP contribution in [-0.2, 0) is 19.1 Å². The fraction of sp³-hybridized carbons (Fsp3) is 0.944. The predicted octanol–water partition coefficient (Wildman–Crippen LogP) is 11.0. The third-order valence-corrected chi connectivity index (χ3v) is 7.43. The SMILES string of the molecule is CCCCCCCCCCCCCCCC(=O)OC(C)C.CCCCCCCCCCCCCCOC(=O)C(C)O. The molecule has 0 amide bonds. The molecule has 0 radical (unpaired) electrons. The van der Waals surface area contributed by atoms with Gasteiger partial charge in [0, 0.05) is 6.42 Å². The lowest BCUT2D eigenvalue weighted by Crippen LogP contribution is -2.19. The Bertz CT molecular complexity index is 532. The van der Waals surface area contributed by atoms with Gasteiger partial charge >= 0.3 is 11.9 Å². The molecule has 1 unspecified atom stereocenters. The van der Waals surface area contributed by atoms with Crippen LogP contribution in [0.15, 0.2) is 0 Å². The summed E-state index contributed by atoms with van der Waals surface area (Å²) in [6, 6.07) is 0. The van der Waals surface area contributed by atoms with Crippen molar-refractivity contribution in [2.45, 2.75) is 214 Å². The van der Waals surface area contributed by atoms with Gasteiger partial charge in [0.15, 0.2) is 0 Å². The van der Waals surface area contributed by atoms with Crippen molar-refractivity contribution >= 4 is 11.9 Å². The molecule has 1 atom stereocenters. The molecule has 0 aliphatic rings. The Kier molecular flexibility index (Phi) is 36.0. The maximum atomic E-state index is 11.3. The van der Waals surface area contributed by atoms with Gasteiger partial charge in [0.1, 0.15) is 6.10 Å². The number of hydrogen-bond donors (Lipinski definition) is 1. The summed E-state index contributed by atoms with van der Waals surface area (Å²) in [5, 5.41) is 8.94. The zero-order valence-electron chi connectivity index (χ0n) is 28.3. The number of aliphatic hydroxyl groups is 1. The van der Waals surface area contributed by atoms with Gasteiger partial charge in [0.2, 0.25) is 0 Å². The van der Waals surface area contributed by atoms with E-state index in [9.17, 15) is 9.59 Å². The summed E-state index contributed by atoms with van der Waals surface area (Å²) in [7, 11) is 0. The van der Waals surface area contributed by atoms with Crippen LogP contribution >= 0.6 is 0 Å². The van der Waals surface area contributed by atoms with Gasteiger partial charge in [-0.15, -0.1) is 0 Å². The molecule has 0 heterocycles. The molecule has 0 bridgehead atoms. The first-order chi connectivity index (χ1) is 19.8. The molecule has 0 aromatic rings. The van der Waals surface area contributed by atoms with Gasteiger partial charge in [-0.1, -0.05) is 162 Å². The van der Waals surface area contributed by atoms with E-state index in [-0.39, 0.29) is 12.1 Å². The number of ether oxygens (including phenoxy) is 2. The highest BCUT2D eigenvalue weighted by Crippen LogP contribution is 2.14. The van der Waals surface area contributed by atoms with Gasteiger partial charge in [0.05, 0.1) is 12.7 Å². The fourth-order valence-electron chi connectivity index (χ4n) is 4.85. The normalized spacial score (nSPS) is 11.7. The van der Waals surface area contributed by atoms with Crippen molar-refractivity contribution in [3.8, 4) is 0 Å². The first kappa shape index (κ1) is 42.0. The van der Waals surface area contributed by atoms with Crippen LogP contribution in [-0.4, -0.2) is 35.9 Å². The second kappa shape index (κ2) is 35.1. The van der Waals surface area contributed by atoms with Crippen molar-refractivity contribution < 1.29 is 24.2 Å². The van der Waals surface area contributed by atoms with Crippen LogP contribution < -0.4 is 0 Å². The lowest BCUT2D eigenvalue weighted by molar-refractivity contribution is -0.152. The van der Waals surface area contributed by atoms with Crippen LogP contribution in [0.1, 0.15) is 202 Å². The summed E-state index contributed by atoms with van der Waals surface area (Å²) in [5.74, 6) is -0.541. The van der Waals surface area contributed by atoms with E-state index in [0.717, 1.165) is 19.3 Å². The number of unbranched alkanes of at least 4 members (excludes halogenated alkanes) is 23. The van der Waals surface area contributed by atoms with E-state index in [2.05, 4.69) is 13.8 Å². The fourth-order valence-corrected chi connectivity index (χ4v) is 4.85. The monoisotopic (exact) mass is 585 g/mol. The number of rotatable bonds is 29. The van der Waals surface area contributed by atoms with Crippen LogP contribution in [0.2, 0.25) is 0 Å². The standard InChI is InChI=1S/C19H38O2.C17H34O3/c1-4-5-6-7-8-9-10-11-12-13-14-15-16-17-19(20)21-18(2)3;1-3-4-5-6-7-8-9-10-11-12-13-14-15-20-17(19)16(2)18/h18H,4-17H2,1-3H3;16,18H,3-15H2,1-2H3. The number of aliphatic hydroxyl groups excluding tert-OH is 1. The largest absolute Gasteiger partial charge is 0.464 e. The van der Waals surface area contributed by atoms with E-state index in [4.69, 9.17) is 14.6 Å². The van der Waals surface area contributed by atoms with Crippen LogP contribution in [0, 0.1) is 0 Å². The second-order valence-electron chi connectivity index (χ2n) is 12.3. The molecule has 41 heavy (non-hydrogen) atoms. The lowest BCUT2D eigenvalue weighted by atomic mass is 10.0. The molecule has 0 aliphatic heterocycles. The summed E-state index contributed by atoms with van der Waals surface area (Å²) in [4.78, 5) is 22.3. The summed E-state index contributed by atoms with van der Waals surface area (Å²) < 4.78 is 10.0. The average molecular weight is 585 g/mol. The highest BCUT2D eigenvalue weighted by molar-refractivity contribution is 5.73. The van der Waals surface area contributed by atoms with Gasteiger partial charge in [-0.2, -0.15) is 0 Å². The molecular formula is C36H72O5. The number of carbonyl (C=O) groups is 2. The Morgan fingerprint density at radius 2 is 0.829 bits per heavy atom. The maximum absolute atomic E-state index is 11.3. The molecule has 0 spiro atoms. The molecule has 0 aliphatic carbocycles. The molecule has 0 saturated heterocycles. The van der Waals surface area contributed by atoms with Crippen LogP contribution in [0.25, 0.3) is 0 Å². The Hall–Kier alpha value is -1.10. The number of hydrogen-bond acceptors (Lipinski definition) is 5. The zero-order chi connectivity index (χ0) is 30.8.